The minimum Gasteiger partial charge on any atom is -0.330 e. The molecule has 0 aromatic carbocycles. The summed E-state index contributed by atoms with van der Waals surface area (Å²) in [5.41, 5.74) is 6.59. The van der Waals surface area contributed by atoms with Gasteiger partial charge in [-0.3, -0.25) is 0 Å². The van der Waals surface area contributed by atoms with Crippen LogP contribution in [0, 0.1) is 11.3 Å². The van der Waals surface area contributed by atoms with Crippen molar-refractivity contribution in [2.45, 2.75) is 44.9 Å². The fourth-order valence-corrected chi connectivity index (χ4v) is 4.64. The Labute approximate surface area is 92.2 Å². The zero-order chi connectivity index (χ0) is 9.86. The molecule has 0 spiro atoms. The van der Waals surface area contributed by atoms with Crippen LogP contribution in [0.1, 0.15) is 44.9 Å². The van der Waals surface area contributed by atoms with E-state index < -0.39 is 0 Å². The Hall–Kier alpha value is 0.310. The molecule has 0 amide bonds. The molecule has 1 saturated heterocycles. The second kappa shape index (κ2) is 4.89. The van der Waals surface area contributed by atoms with Crippen molar-refractivity contribution in [1.29, 1.82) is 0 Å². The smallest absolute Gasteiger partial charge is 0.000394 e. The van der Waals surface area contributed by atoms with E-state index in [2.05, 4.69) is 11.8 Å². The fourth-order valence-electron chi connectivity index (χ4n) is 3.24. The molecule has 2 aliphatic rings. The highest BCUT2D eigenvalue weighted by Gasteiger charge is 2.39. The number of hydrogen-bond donors (Lipinski definition) is 1. The first-order valence-corrected chi connectivity index (χ1v) is 7.31. The Balaban J connectivity index is 2.01. The molecule has 0 aromatic rings. The van der Waals surface area contributed by atoms with Crippen LogP contribution in [0.4, 0.5) is 0 Å². The van der Waals surface area contributed by atoms with Gasteiger partial charge < -0.3 is 5.73 Å². The minimum absolute atomic E-state index is 0.531. The first kappa shape index (κ1) is 10.8. The van der Waals surface area contributed by atoms with Gasteiger partial charge in [0.2, 0.25) is 0 Å². The van der Waals surface area contributed by atoms with Gasteiger partial charge in [0.1, 0.15) is 0 Å². The molecule has 14 heavy (non-hydrogen) atoms. The summed E-state index contributed by atoms with van der Waals surface area (Å²) in [6.45, 7) is 0.935. The molecule has 1 nitrogen and oxygen atoms in total. The van der Waals surface area contributed by atoms with Crippen LogP contribution < -0.4 is 5.73 Å². The van der Waals surface area contributed by atoms with Crippen LogP contribution in [0.5, 0.6) is 0 Å². The van der Waals surface area contributed by atoms with E-state index in [1.807, 2.05) is 0 Å². The van der Waals surface area contributed by atoms with Crippen molar-refractivity contribution in [3.8, 4) is 0 Å². The van der Waals surface area contributed by atoms with Crippen molar-refractivity contribution < 1.29 is 0 Å². The van der Waals surface area contributed by atoms with E-state index in [0.717, 1.165) is 12.5 Å². The van der Waals surface area contributed by atoms with E-state index >= 15 is 0 Å². The zero-order valence-electron chi connectivity index (χ0n) is 9.13. The maximum Gasteiger partial charge on any atom is 0.000394 e. The quantitative estimate of drug-likeness (QED) is 0.763. The summed E-state index contributed by atoms with van der Waals surface area (Å²) in [7, 11) is 0. The lowest BCUT2D eigenvalue weighted by molar-refractivity contribution is 0.134. The molecule has 2 fully saturated rings. The van der Waals surface area contributed by atoms with E-state index in [-0.39, 0.29) is 0 Å². The van der Waals surface area contributed by atoms with E-state index in [1.54, 1.807) is 0 Å². The highest BCUT2D eigenvalue weighted by Crippen LogP contribution is 2.45. The normalized spacial score (nSPS) is 35.8. The van der Waals surface area contributed by atoms with Gasteiger partial charge in [-0.2, -0.15) is 11.8 Å². The molecule has 1 aliphatic carbocycles. The molecule has 2 rings (SSSR count). The van der Waals surface area contributed by atoms with E-state index in [1.165, 1.54) is 56.5 Å². The monoisotopic (exact) mass is 213 g/mol. The average molecular weight is 213 g/mol. The van der Waals surface area contributed by atoms with Gasteiger partial charge in [0.15, 0.2) is 0 Å². The lowest BCUT2D eigenvalue weighted by atomic mass is 9.67. The summed E-state index contributed by atoms with van der Waals surface area (Å²) in [5.74, 6) is 3.66. The molecule has 0 radical (unpaired) electrons. The molecule has 1 unspecified atom stereocenters. The zero-order valence-corrected chi connectivity index (χ0v) is 9.95. The van der Waals surface area contributed by atoms with Gasteiger partial charge in [0.05, 0.1) is 0 Å². The van der Waals surface area contributed by atoms with Gasteiger partial charge in [-0.25, -0.2) is 0 Å². The van der Waals surface area contributed by atoms with E-state index in [0.29, 0.717) is 5.41 Å². The molecule has 1 atom stereocenters. The Bertz CT molecular complexity index is 169. The molecule has 82 valence electrons. The summed E-state index contributed by atoms with van der Waals surface area (Å²) in [6.07, 6.45) is 10.1. The Morgan fingerprint density at radius 2 is 1.93 bits per heavy atom. The van der Waals surface area contributed by atoms with Crippen molar-refractivity contribution in [1.82, 2.24) is 0 Å². The van der Waals surface area contributed by atoms with Crippen LogP contribution >= 0.6 is 11.8 Å². The number of rotatable bonds is 2. The number of hydrogen-bond acceptors (Lipinski definition) is 2. The van der Waals surface area contributed by atoms with Gasteiger partial charge >= 0.3 is 0 Å². The largest absolute Gasteiger partial charge is 0.330 e. The Morgan fingerprint density at radius 3 is 2.50 bits per heavy atom. The summed E-state index contributed by atoms with van der Waals surface area (Å²) in [4.78, 5) is 0. The summed E-state index contributed by atoms with van der Waals surface area (Å²) in [5, 5.41) is 0. The lowest BCUT2D eigenvalue weighted by Gasteiger charge is -2.44. The molecular formula is C12H23NS. The average Bonchev–Trinajstić information content (AvgIpc) is 2.31. The number of nitrogens with two attached hydrogens (primary N) is 1. The van der Waals surface area contributed by atoms with Crippen molar-refractivity contribution in [3.05, 3.63) is 0 Å². The predicted molar refractivity (Wildman–Crippen MR) is 64.6 cm³/mol. The highest BCUT2D eigenvalue weighted by atomic mass is 32.2. The highest BCUT2D eigenvalue weighted by molar-refractivity contribution is 7.99. The first-order chi connectivity index (χ1) is 6.87. The van der Waals surface area contributed by atoms with Crippen LogP contribution in [0.3, 0.4) is 0 Å². The summed E-state index contributed by atoms with van der Waals surface area (Å²) in [6, 6.07) is 0. The van der Waals surface area contributed by atoms with Gasteiger partial charge in [0, 0.05) is 5.75 Å². The van der Waals surface area contributed by atoms with Gasteiger partial charge in [-0.15, -0.1) is 0 Å². The third-order valence-corrected chi connectivity index (χ3v) is 5.59. The van der Waals surface area contributed by atoms with E-state index in [4.69, 9.17) is 5.73 Å². The summed E-state index contributed by atoms with van der Waals surface area (Å²) >= 11 is 2.14. The van der Waals surface area contributed by atoms with Crippen molar-refractivity contribution >= 4 is 11.8 Å². The van der Waals surface area contributed by atoms with E-state index in [9.17, 15) is 0 Å². The van der Waals surface area contributed by atoms with Crippen LogP contribution in [0.25, 0.3) is 0 Å². The molecule has 0 aromatic heterocycles. The minimum atomic E-state index is 0.531. The topological polar surface area (TPSA) is 26.0 Å². The Kier molecular flexibility index (Phi) is 3.78. The molecule has 0 bridgehead atoms. The molecular weight excluding hydrogens is 190 g/mol. The number of thioether (sulfide) groups is 1. The Morgan fingerprint density at radius 1 is 1.14 bits per heavy atom. The standard InChI is InChI=1S/C12H23NS/c13-9-12(7-4-8-14-10-12)11-5-2-1-3-6-11/h11H,1-10,13H2. The van der Waals surface area contributed by atoms with Crippen LogP contribution in [-0.2, 0) is 0 Å². The lowest BCUT2D eigenvalue weighted by Crippen LogP contribution is -2.43. The molecule has 1 aliphatic heterocycles. The maximum atomic E-state index is 6.06. The first-order valence-electron chi connectivity index (χ1n) is 6.15. The predicted octanol–water partition coefficient (Wildman–Crippen LogP) is 3.04. The van der Waals surface area contributed by atoms with Gasteiger partial charge in [0.25, 0.3) is 0 Å². The maximum absolute atomic E-state index is 6.06. The molecule has 1 saturated carbocycles. The van der Waals surface area contributed by atoms with Crippen molar-refractivity contribution in [2.24, 2.45) is 17.1 Å². The second-order valence-electron chi connectivity index (χ2n) is 5.06. The van der Waals surface area contributed by atoms with Crippen molar-refractivity contribution in [3.63, 3.8) is 0 Å². The second-order valence-corrected chi connectivity index (χ2v) is 6.16. The van der Waals surface area contributed by atoms with Gasteiger partial charge in [-0.1, -0.05) is 19.3 Å². The van der Waals surface area contributed by atoms with Crippen LogP contribution in [0.15, 0.2) is 0 Å². The SMILES string of the molecule is NCC1(C2CCCCC2)CCCSC1. The van der Waals surface area contributed by atoms with Gasteiger partial charge in [-0.05, 0) is 49.3 Å². The van der Waals surface area contributed by atoms with Crippen LogP contribution in [-0.4, -0.2) is 18.1 Å². The van der Waals surface area contributed by atoms with Crippen LogP contribution in [0.2, 0.25) is 0 Å². The molecule has 1 heterocycles. The molecule has 2 heteroatoms. The third-order valence-electron chi connectivity index (χ3n) is 4.23. The van der Waals surface area contributed by atoms with Crippen molar-refractivity contribution in [2.75, 3.05) is 18.1 Å². The molecule has 2 N–H and O–H groups in total. The third kappa shape index (κ3) is 2.11. The fraction of sp³-hybridized carbons (Fsp3) is 1.00. The summed E-state index contributed by atoms with van der Waals surface area (Å²) < 4.78 is 0.